The second kappa shape index (κ2) is 4.97. The topological polar surface area (TPSA) is 66.0 Å². The van der Waals surface area contributed by atoms with Gasteiger partial charge in [-0.25, -0.2) is 0 Å². The second-order valence-electron chi connectivity index (χ2n) is 3.94. The number of para-hydroxylation sites is 1. The highest BCUT2D eigenvalue weighted by molar-refractivity contribution is 5.40. The number of benzene rings is 1. The summed E-state index contributed by atoms with van der Waals surface area (Å²) >= 11 is 0. The fraction of sp³-hybridized carbons (Fsp3) is 0.333. The molecule has 1 aromatic heterocycles. The molecular formula is C12H16N4O. The van der Waals surface area contributed by atoms with E-state index in [9.17, 15) is 0 Å². The van der Waals surface area contributed by atoms with Gasteiger partial charge in [-0.05, 0) is 12.5 Å². The number of aromatic nitrogens is 3. The fourth-order valence-corrected chi connectivity index (χ4v) is 1.69. The van der Waals surface area contributed by atoms with Crippen molar-refractivity contribution in [2.24, 2.45) is 12.8 Å². The van der Waals surface area contributed by atoms with Gasteiger partial charge < -0.3 is 10.5 Å². The van der Waals surface area contributed by atoms with Gasteiger partial charge in [-0.2, -0.15) is 0 Å². The molecule has 0 fully saturated rings. The van der Waals surface area contributed by atoms with Crippen molar-refractivity contribution in [1.29, 1.82) is 0 Å². The summed E-state index contributed by atoms with van der Waals surface area (Å²) in [6, 6.07) is 5.96. The normalized spacial score (nSPS) is 10.5. The van der Waals surface area contributed by atoms with Crippen molar-refractivity contribution in [1.82, 2.24) is 15.0 Å². The minimum Gasteiger partial charge on any atom is -0.487 e. The zero-order valence-corrected chi connectivity index (χ0v) is 10.1. The monoisotopic (exact) mass is 232 g/mol. The van der Waals surface area contributed by atoms with E-state index in [-0.39, 0.29) is 0 Å². The van der Waals surface area contributed by atoms with Gasteiger partial charge in [0.2, 0.25) is 0 Å². The van der Waals surface area contributed by atoms with E-state index in [0.717, 1.165) is 22.6 Å². The molecular weight excluding hydrogens is 216 g/mol. The first-order chi connectivity index (χ1) is 8.20. The Bertz CT molecular complexity index is 507. The molecule has 1 aromatic carbocycles. The van der Waals surface area contributed by atoms with E-state index < -0.39 is 0 Å². The van der Waals surface area contributed by atoms with E-state index >= 15 is 0 Å². The summed E-state index contributed by atoms with van der Waals surface area (Å²) in [5.74, 6) is 0.848. The Morgan fingerprint density at radius 2 is 2.24 bits per heavy atom. The molecule has 0 radical (unpaired) electrons. The van der Waals surface area contributed by atoms with Crippen LogP contribution in [0.1, 0.15) is 16.8 Å². The van der Waals surface area contributed by atoms with Crippen molar-refractivity contribution in [3.8, 4) is 5.75 Å². The van der Waals surface area contributed by atoms with Gasteiger partial charge in [-0.1, -0.05) is 23.4 Å². The first-order valence-corrected chi connectivity index (χ1v) is 5.47. The first kappa shape index (κ1) is 11.6. The number of nitrogens with two attached hydrogens (primary N) is 1. The molecule has 0 amide bonds. The Kier molecular flexibility index (Phi) is 3.39. The Balaban J connectivity index is 2.13. The minimum absolute atomic E-state index is 0.408. The molecule has 5 heteroatoms. The summed E-state index contributed by atoms with van der Waals surface area (Å²) in [6.45, 7) is 2.88. The summed E-state index contributed by atoms with van der Waals surface area (Å²) in [6.07, 6.45) is 1.83. The molecule has 0 aliphatic carbocycles. The van der Waals surface area contributed by atoms with E-state index in [0.29, 0.717) is 13.2 Å². The lowest BCUT2D eigenvalue weighted by atomic mass is 10.1. The third-order valence-electron chi connectivity index (χ3n) is 2.53. The molecule has 1 heterocycles. The number of rotatable bonds is 4. The lowest BCUT2D eigenvalue weighted by Gasteiger charge is -2.11. The molecule has 17 heavy (non-hydrogen) atoms. The van der Waals surface area contributed by atoms with Gasteiger partial charge in [0.25, 0.3) is 0 Å². The SMILES string of the molecule is Cc1cccc(CN)c1OCc1cn(C)nn1. The van der Waals surface area contributed by atoms with Gasteiger partial charge >= 0.3 is 0 Å². The molecule has 0 unspecified atom stereocenters. The van der Waals surface area contributed by atoms with Crippen LogP contribution in [0.15, 0.2) is 24.4 Å². The van der Waals surface area contributed by atoms with Crippen LogP contribution < -0.4 is 10.5 Å². The maximum atomic E-state index is 5.76. The molecule has 0 saturated carbocycles. The predicted molar refractivity (Wildman–Crippen MR) is 64.4 cm³/mol. The molecule has 0 aliphatic heterocycles. The minimum atomic E-state index is 0.408. The maximum absolute atomic E-state index is 5.76. The number of hydrogen-bond acceptors (Lipinski definition) is 4. The summed E-state index contributed by atoms with van der Waals surface area (Å²) in [5.41, 5.74) is 8.57. The molecule has 0 spiro atoms. The molecule has 90 valence electrons. The van der Waals surface area contributed by atoms with Crippen LogP contribution in [0.4, 0.5) is 0 Å². The van der Waals surface area contributed by atoms with E-state index in [1.54, 1.807) is 4.68 Å². The van der Waals surface area contributed by atoms with Crippen molar-refractivity contribution >= 4 is 0 Å². The molecule has 2 N–H and O–H groups in total. The third-order valence-corrected chi connectivity index (χ3v) is 2.53. The second-order valence-corrected chi connectivity index (χ2v) is 3.94. The summed E-state index contributed by atoms with van der Waals surface area (Å²) in [7, 11) is 1.83. The Morgan fingerprint density at radius 3 is 2.88 bits per heavy atom. The van der Waals surface area contributed by atoms with Gasteiger partial charge in [0.1, 0.15) is 18.1 Å². The Morgan fingerprint density at radius 1 is 1.41 bits per heavy atom. The fourth-order valence-electron chi connectivity index (χ4n) is 1.69. The Labute approximate surface area is 100 Å². The van der Waals surface area contributed by atoms with Crippen LogP contribution >= 0.6 is 0 Å². The molecule has 0 bridgehead atoms. The Hall–Kier alpha value is -1.88. The van der Waals surface area contributed by atoms with E-state index in [4.69, 9.17) is 10.5 Å². The van der Waals surface area contributed by atoms with Crippen LogP contribution in [0.5, 0.6) is 5.75 Å². The highest BCUT2D eigenvalue weighted by Gasteiger charge is 2.07. The van der Waals surface area contributed by atoms with Crippen LogP contribution in [0.25, 0.3) is 0 Å². The van der Waals surface area contributed by atoms with Gasteiger partial charge in [0.15, 0.2) is 0 Å². The third kappa shape index (κ3) is 2.62. The number of aryl methyl sites for hydroxylation is 2. The maximum Gasteiger partial charge on any atom is 0.134 e. The molecule has 0 saturated heterocycles. The van der Waals surface area contributed by atoms with Gasteiger partial charge in [-0.3, -0.25) is 4.68 Å². The average molecular weight is 232 g/mol. The number of nitrogens with zero attached hydrogens (tertiary/aromatic N) is 3. The van der Waals surface area contributed by atoms with Crippen molar-refractivity contribution < 1.29 is 4.74 Å². The summed E-state index contributed by atoms with van der Waals surface area (Å²) < 4.78 is 7.42. The van der Waals surface area contributed by atoms with Crippen molar-refractivity contribution in [2.75, 3.05) is 0 Å². The van der Waals surface area contributed by atoms with Crippen LogP contribution in [0, 0.1) is 6.92 Å². The zero-order chi connectivity index (χ0) is 12.3. The molecule has 0 atom stereocenters. The van der Waals surface area contributed by atoms with Crippen molar-refractivity contribution in [2.45, 2.75) is 20.1 Å². The highest BCUT2D eigenvalue weighted by Crippen LogP contribution is 2.23. The van der Waals surface area contributed by atoms with E-state index in [1.165, 1.54) is 0 Å². The average Bonchev–Trinajstić information content (AvgIpc) is 2.73. The summed E-state index contributed by atoms with van der Waals surface area (Å²) in [4.78, 5) is 0. The van der Waals surface area contributed by atoms with Gasteiger partial charge in [0.05, 0.1) is 6.20 Å². The lowest BCUT2D eigenvalue weighted by molar-refractivity contribution is 0.296. The summed E-state index contributed by atoms with van der Waals surface area (Å²) in [5, 5.41) is 7.83. The van der Waals surface area contributed by atoms with Crippen LogP contribution in [0.2, 0.25) is 0 Å². The lowest BCUT2D eigenvalue weighted by Crippen LogP contribution is -2.04. The number of hydrogen-bond donors (Lipinski definition) is 1. The quantitative estimate of drug-likeness (QED) is 0.859. The number of ether oxygens (including phenoxy) is 1. The molecule has 0 aliphatic rings. The largest absolute Gasteiger partial charge is 0.487 e. The highest BCUT2D eigenvalue weighted by atomic mass is 16.5. The smallest absolute Gasteiger partial charge is 0.134 e. The predicted octanol–water partition coefficient (Wildman–Crippen LogP) is 1.16. The van der Waals surface area contributed by atoms with E-state index in [2.05, 4.69) is 10.3 Å². The molecule has 2 aromatic rings. The van der Waals surface area contributed by atoms with Gasteiger partial charge in [0, 0.05) is 19.2 Å². The molecule has 2 rings (SSSR count). The zero-order valence-electron chi connectivity index (χ0n) is 10.1. The molecule has 5 nitrogen and oxygen atoms in total. The van der Waals surface area contributed by atoms with E-state index in [1.807, 2.05) is 38.4 Å². The van der Waals surface area contributed by atoms with Crippen LogP contribution in [-0.2, 0) is 20.2 Å². The van der Waals surface area contributed by atoms with Crippen LogP contribution in [-0.4, -0.2) is 15.0 Å². The van der Waals surface area contributed by atoms with Crippen molar-refractivity contribution in [3.05, 3.63) is 41.2 Å². The van der Waals surface area contributed by atoms with Crippen molar-refractivity contribution in [3.63, 3.8) is 0 Å². The standard InChI is InChI=1S/C12H16N4O/c1-9-4-3-5-10(6-13)12(9)17-8-11-7-16(2)15-14-11/h3-5,7H,6,8,13H2,1-2H3. The first-order valence-electron chi connectivity index (χ1n) is 5.47. The van der Waals surface area contributed by atoms with Gasteiger partial charge in [-0.15, -0.1) is 5.10 Å². The van der Waals surface area contributed by atoms with Crippen LogP contribution in [0.3, 0.4) is 0 Å².